The molecule has 6 atom stereocenters. The van der Waals surface area contributed by atoms with E-state index >= 15 is 0 Å². The Balaban J connectivity index is 1.79. The molecule has 0 radical (unpaired) electrons. The van der Waals surface area contributed by atoms with E-state index in [-0.39, 0.29) is 6.10 Å². The van der Waals surface area contributed by atoms with E-state index in [1.165, 1.54) is 50.5 Å². The highest BCUT2D eigenvalue weighted by Gasteiger charge is 2.65. The molecule has 4 rings (SSSR count). The average Bonchev–Trinajstić information content (AvgIpc) is 2.57. The van der Waals surface area contributed by atoms with Crippen molar-refractivity contribution in [2.75, 3.05) is 0 Å². The number of rotatable bonds is 0. The molecule has 1 heteroatoms. The lowest BCUT2D eigenvalue weighted by Gasteiger charge is -2.65. The normalized spacial score (nSPS) is 55.0. The molecule has 1 nitrogen and oxygen atoms in total. The molecule has 4 aliphatic carbocycles. The van der Waals surface area contributed by atoms with Crippen molar-refractivity contribution in [3.8, 4) is 0 Å². The van der Waals surface area contributed by atoms with Gasteiger partial charge >= 0.3 is 0 Å². The van der Waals surface area contributed by atoms with Crippen LogP contribution in [0.5, 0.6) is 0 Å². The van der Waals surface area contributed by atoms with E-state index in [0.717, 1.165) is 18.3 Å². The van der Waals surface area contributed by atoms with Crippen molar-refractivity contribution in [3.05, 3.63) is 12.2 Å². The van der Waals surface area contributed by atoms with Gasteiger partial charge in [-0.3, -0.25) is 0 Å². The molecule has 1 N–H and O–H groups in total. The summed E-state index contributed by atoms with van der Waals surface area (Å²) in [6.07, 6.45) is 10.2. The third kappa shape index (κ3) is 1.73. The number of aliphatic hydroxyl groups excluding tert-OH is 1. The van der Waals surface area contributed by atoms with E-state index < -0.39 is 0 Å². The van der Waals surface area contributed by atoms with Crippen LogP contribution in [-0.2, 0) is 0 Å². The van der Waals surface area contributed by atoms with Crippen molar-refractivity contribution in [1.29, 1.82) is 0 Å². The van der Waals surface area contributed by atoms with E-state index in [1.54, 1.807) is 0 Å². The topological polar surface area (TPSA) is 20.2 Å². The summed E-state index contributed by atoms with van der Waals surface area (Å²) < 4.78 is 0. The molecule has 4 fully saturated rings. The average molecular weight is 288 g/mol. The molecule has 0 amide bonds. The van der Waals surface area contributed by atoms with Gasteiger partial charge in [0.15, 0.2) is 0 Å². The molecule has 1 spiro atoms. The zero-order chi connectivity index (χ0) is 15.0. The summed E-state index contributed by atoms with van der Waals surface area (Å²) in [4.78, 5) is 0. The summed E-state index contributed by atoms with van der Waals surface area (Å²) in [5.74, 6) is 2.10. The van der Waals surface area contributed by atoms with Crippen LogP contribution in [0.15, 0.2) is 12.2 Å². The van der Waals surface area contributed by atoms with Gasteiger partial charge in [0.2, 0.25) is 0 Å². The maximum Gasteiger partial charge on any atom is 0.0584 e. The molecule has 0 aromatic heterocycles. The number of hydrogen-bond donors (Lipinski definition) is 1. The fraction of sp³-hybridized carbons (Fsp3) is 0.900. The van der Waals surface area contributed by atoms with Crippen LogP contribution < -0.4 is 0 Å². The zero-order valence-corrected chi connectivity index (χ0v) is 14.1. The predicted octanol–water partition coefficient (Wildman–Crippen LogP) is 4.95. The first kappa shape index (κ1) is 14.3. The van der Waals surface area contributed by atoms with Crippen LogP contribution in [0.2, 0.25) is 0 Å². The number of fused-ring (bicyclic) bond motifs is 3. The maximum atomic E-state index is 11.1. The Bertz CT molecular complexity index is 478. The Morgan fingerprint density at radius 1 is 1.10 bits per heavy atom. The third-order valence-corrected chi connectivity index (χ3v) is 8.24. The summed E-state index contributed by atoms with van der Waals surface area (Å²) in [6, 6.07) is 0. The van der Waals surface area contributed by atoms with Crippen molar-refractivity contribution in [1.82, 2.24) is 0 Å². The maximum absolute atomic E-state index is 11.1. The van der Waals surface area contributed by atoms with E-state index in [4.69, 9.17) is 0 Å². The monoisotopic (exact) mass is 288 g/mol. The van der Waals surface area contributed by atoms with E-state index in [0.29, 0.717) is 22.2 Å². The van der Waals surface area contributed by atoms with Gasteiger partial charge in [0.1, 0.15) is 0 Å². The summed E-state index contributed by atoms with van der Waals surface area (Å²) >= 11 is 0. The first-order valence-electron chi connectivity index (χ1n) is 9.14. The Labute approximate surface area is 130 Å². The fourth-order valence-electron chi connectivity index (χ4n) is 7.89. The van der Waals surface area contributed by atoms with Gasteiger partial charge in [-0.05, 0) is 78.9 Å². The van der Waals surface area contributed by atoms with Crippen molar-refractivity contribution in [3.63, 3.8) is 0 Å². The van der Waals surface area contributed by atoms with E-state index in [9.17, 15) is 5.11 Å². The molecular weight excluding hydrogens is 256 g/mol. The van der Waals surface area contributed by atoms with Crippen LogP contribution in [0.1, 0.15) is 72.1 Å². The van der Waals surface area contributed by atoms with E-state index in [2.05, 4.69) is 27.4 Å². The first-order chi connectivity index (χ1) is 9.79. The molecule has 2 bridgehead atoms. The van der Waals surface area contributed by atoms with E-state index in [1.807, 2.05) is 0 Å². The minimum absolute atomic E-state index is 0.0915. The van der Waals surface area contributed by atoms with Gasteiger partial charge < -0.3 is 5.11 Å². The highest BCUT2D eigenvalue weighted by Crippen LogP contribution is 2.71. The lowest BCUT2D eigenvalue weighted by molar-refractivity contribution is -0.197. The molecule has 1 unspecified atom stereocenters. The summed E-state index contributed by atoms with van der Waals surface area (Å²) in [6.45, 7) is 11.7. The summed E-state index contributed by atoms with van der Waals surface area (Å²) in [7, 11) is 0. The van der Waals surface area contributed by atoms with Crippen LogP contribution in [0, 0.1) is 34.0 Å². The Morgan fingerprint density at radius 2 is 1.86 bits per heavy atom. The largest absolute Gasteiger partial charge is 0.393 e. The molecule has 4 aliphatic rings. The molecule has 0 aliphatic heterocycles. The Kier molecular flexibility index (Phi) is 2.83. The molecule has 0 heterocycles. The summed E-state index contributed by atoms with van der Waals surface area (Å²) in [5.41, 5.74) is 2.56. The highest BCUT2D eigenvalue weighted by atomic mass is 16.3. The van der Waals surface area contributed by atoms with Gasteiger partial charge in [-0.15, -0.1) is 0 Å². The second-order valence-electron chi connectivity index (χ2n) is 9.83. The second kappa shape index (κ2) is 4.16. The predicted molar refractivity (Wildman–Crippen MR) is 86.9 cm³/mol. The Hall–Kier alpha value is -0.300. The molecule has 0 aromatic rings. The summed E-state index contributed by atoms with van der Waals surface area (Å²) in [5, 5.41) is 11.1. The molecule has 4 saturated carbocycles. The molecule has 0 saturated heterocycles. The fourth-order valence-corrected chi connectivity index (χ4v) is 7.89. The van der Waals surface area contributed by atoms with Crippen LogP contribution in [0.25, 0.3) is 0 Å². The quantitative estimate of drug-likeness (QED) is 0.626. The number of aliphatic hydroxyl groups is 1. The van der Waals surface area contributed by atoms with Crippen molar-refractivity contribution >= 4 is 0 Å². The van der Waals surface area contributed by atoms with Gasteiger partial charge in [-0.25, -0.2) is 0 Å². The van der Waals surface area contributed by atoms with Gasteiger partial charge in [-0.2, -0.15) is 0 Å². The van der Waals surface area contributed by atoms with Gasteiger partial charge in [0.25, 0.3) is 0 Å². The van der Waals surface area contributed by atoms with Gasteiger partial charge in [0, 0.05) is 0 Å². The first-order valence-corrected chi connectivity index (χ1v) is 9.14. The molecule has 118 valence electrons. The third-order valence-electron chi connectivity index (χ3n) is 8.24. The molecular formula is C20H32O. The van der Waals surface area contributed by atoms with Crippen molar-refractivity contribution in [2.45, 2.75) is 78.2 Å². The minimum Gasteiger partial charge on any atom is -0.393 e. The lowest BCUT2D eigenvalue weighted by atomic mass is 9.40. The highest BCUT2D eigenvalue weighted by molar-refractivity contribution is 5.23. The smallest absolute Gasteiger partial charge is 0.0584 e. The lowest BCUT2D eigenvalue weighted by Crippen LogP contribution is -2.61. The molecule has 0 aromatic carbocycles. The second-order valence-corrected chi connectivity index (χ2v) is 9.83. The van der Waals surface area contributed by atoms with Crippen LogP contribution in [0.4, 0.5) is 0 Å². The minimum atomic E-state index is -0.0915. The SMILES string of the molecule is C=C1C[C@@]23CC(O)[C@H]4C(C)(C)CCC[C@@]4(C)[C@@H]2CC[C@H]1C3. The van der Waals surface area contributed by atoms with Gasteiger partial charge in [-0.1, -0.05) is 39.3 Å². The molecule has 21 heavy (non-hydrogen) atoms. The van der Waals surface area contributed by atoms with Crippen LogP contribution in [0.3, 0.4) is 0 Å². The van der Waals surface area contributed by atoms with Crippen molar-refractivity contribution < 1.29 is 5.11 Å². The van der Waals surface area contributed by atoms with Crippen LogP contribution >= 0.6 is 0 Å². The Morgan fingerprint density at radius 3 is 2.62 bits per heavy atom. The van der Waals surface area contributed by atoms with Crippen molar-refractivity contribution in [2.24, 2.45) is 34.0 Å². The van der Waals surface area contributed by atoms with Crippen LogP contribution in [-0.4, -0.2) is 11.2 Å². The zero-order valence-electron chi connectivity index (χ0n) is 14.1. The standard InChI is InChI=1S/C20H32O/c1-13-10-20-11-14(13)6-7-16(20)19(4)9-5-8-18(2,3)17(19)15(21)12-20/h14-17,21H,1,5-12H2,2-4H3/t14-,15?,16-,17-,19-,20+/m0/s1. The number of hydrogen-bond acceptors (Lipinski definition) is 1. The number of allylic oxidation sites excluding steroid dienone is 1. The van der Waals surface area contributed by atoms with Gasteiger partial charge in [0.05, 0.1) is 6.10 Å².